The number of hydrogen-bond acceptors (Lipinski definition) is 5. The number of para-hydroxylation sites is 1. The molecule has 1 saturated heterocycles. The molecule has 0 aromatic heterocycles. The van der Waals surface area contributed by atoms with Crippen LogP contribution in [0.1, 0.15) is 29.5 Å². The van der Waals surface area contributed by atoms with Gasteiger partial charge in [0.15, 0.2) is 5.54 Å². The van der Waals surface area contributed by atoms with E-state index in [4.69, 9.17) is 39.5 Å². The Morgan fingerprint density at radius 1 is 1.06 bits per heavy atom. The summed E-state index contributed by atoms with van der Waals surface area (Å²) < 4.78 is 5.85. The Kier molecular flexibility index (Phi) is 6.13. The van der Waals surface area contributed by atoms with E-state index < -0.39 is 23.4 Å². The van der Waals surface area contributed by atoms with Crippen molar-refractivity contribution in [3.8, 4) is 5.75 Å². The Morgan fingerprint density at radius 3 is 2.54 bits per heavy atom. The molecule has 0 aliphatic carbocycles. The Morgan fingerprint density at radius 2 is 1.83 bits per heavy atom. The zero-order valence-electron chi connectivity index (χ0n) is 18.4. The molecule has 0 saturated carbocycles. The minimum Gasteiger partial charge on any atom is -0.487 e. The summed E-state index contributed by atoms with van der Waals surface area (Å²) in [5, 5.41) is 19.8. The molecule has 180 valence electrons. The molecule has 2 N–H and O–H groups in total. The van der Waals surface area contributed by atoms with Crippen LogP contribution in [0.4, 0.5) is 5.69 Å². The fourth-order valence-corrected chi connectivity index (χ4v) is 5.90. The number of benzene rings is 3. The maximum Gasteiger partial charge on any atom is 0.256 e. The summed E-state index contributed by atoms with van der Waals surface area (Å²) in [4.78, 5) is 25.2. The van der Waals surface area contributed by atoms with E-state index in [9.17, 15) is 14.9 Å². The van der Waals surface area contributed by atoms with Gasteiger partial charge in [-0.25, -0.2) is 0 Å². The summed E-state index contributed by atoms with van der Waals surface area (Å²) in [6.45, 7) is 2.01. The number of nitro groups is 1. The van der Waals surface area contributed by atoms with Crippen molar-refractivity contribution in [2.24, 2.45) is 0 Å². The number of halogens is 3. The molecular weight excluding hydrogens is 513 g/mol. The predicted octanol–water partition coefficient (Wildman–Crippen LogP) is 5.79. The van der Waals surface area contributed by atoms with Crippen LogP contribution in [0.5, 0.6) is 5.75 Å². The second-order valence-corrected chi connectivity index (χ2v) is 9.96. The highest BCUT2D eigenvalue weighted by Gasteiger charge is 2.67. The first-order chi connectivity index (χ1) is 16.7. The topological polar surface area (TPSA) is 93.5 Å². The van der Waals surface area contributed by atoms with Gasteiger partial charge in [0.2, 0.25) is 0 Å². The summed E-state index contributed by atoms with van der Waals surface area (Å²) in [6.07, 6.45) is 0. The fraction of sp³-hybridized carbons (Fsp3) is 0.240. The second-order valence-electron chi connectivity index (χ2n) is 8.71. The molecule has 4 atom stereocenters. The first-order valence-electron chi connectivity index (χ1n) is 10.9. The van der Waals surface area contributed by atoms with Gasteiger partial charge in [-0.1, -0.05) is 65.1 Å². The molecule has 0 bridgehead atoms. The largest absolute Gasteiger partial charge is 0.487 e. The summed E-state index contributed by atoms with van der Waals surface area (Å²) in [5.41, 5.74) is 1.06. The number of fused-ring (bicyclic) bond motifs is 2. The number of rotatable bonds is 5. The Hall–Kier alpha value is -2.84. The molecule has 1 spiro atoms. The number of ether oxygens (including phenoxy) is 1. The lowest BCUT2D eigenvalue weighted by molar-refractivity contribution is -0.532. The molecule has 2 aliphatic rings. The van der Waals surface area contributed by atoms with E-state index in [1.807, 2.05) is 6.92 Å². The van der Waals surface area contributed by atoms with Gasteiger partial charge in [0.1, 0.15) is 12.4 Å². The van der Waals surface area contributed by atoms with Crippen molar-refractivity contribution in [2.45, 2.75) is 37.1 Å². The van der Waals surface area contributed by atoms with Crippen LogP contribution < -0.4 is 15.4 Å². The third-order valence-electron chi connectivity index (χ3n) is 6.70. The van der Waals surface area contributed by atoms with Gasteiger partial charge in [-0.3, -0.25) is 20.2 Å². The quantitative estimate of drug-likeness (QED) is 0.320. The third-order valence-corrected chi connectivity index (χ3v) is 7.58. The number of nitrogens with zero attached hydrogens (tertiary/aromatic N) is 1. The minimum atomic E-state index is -1.48. The molecule has 2 heterocycles. The molecule has 35 heavy (non-hydrogen) atoms. The van der Waals surface area contributed by atoms with E-state index in [1.165, 1.54) is 0 Å². The average molecular weight is 533 g/mol. The van der Waals surface area contributed by atoms with Crippen molar-refractivity contribution in [1.82, 2.24) is 5.32 Å². The summed E-state index contributed by atoms with van der Waals surface area (Å²) in [5.74, 6) is -0.629. The highest BCUT2D eigenvalue weighted by atomic mass is 35.5. The van der Waals surface area contributed by atoms with Crippen LogP contribution in [0.15, 0.2) is 60.7 Å². The van der Waals surface area contributed by atoms with Crippen molar-refractivity contribution < 1.29 is 14.5 Å². The van der Waals surface area contributed by atoms with Gasteiger partial charge >= 0.3 is 0 Å². The lowest BCUT2D eigenvalue weighted by Crippen LogP contribution is -2.54. The molecule has 5 rings (SSSR count). The lowest BCUT2D eigenvalue weighted by Gasteiger charge is -2.25. The van der Waals surface area contributed by atoms with Crippen molar-refractivity contribution >= 4 is 46.4 Å². The van der Waals surface area contributed by atoms with E-state index in [1.54, 1.807) is 60.7 Å². The smallest absolute Gasteiger partial charge is 0.256 e. The van der Waals surface area contributed by atoms with Crippen LogP contribution in [0.25, 0.3) is 0 Å². The van der Waals surface area contributed by atoms with Gasteiger partial charge in [0.05, 0.1) is 10.9 Å². The van der Waals surface area contributed by atoms with Gasteiger partial charge in [0.25, 0.3) is 11.9 Å². The maximum atomic E-state index is 13.1. The molecular formula is C25H20Cl3N3O4. The predicted molar refractivity (Wildman–Crippen MR) is 135 cm³/mol. The molecule has 3 aromatic carbocycles. The summed E-state index contributed by atoms with van der Waals surface area (Å²) >= 11 is 18.7. The normalized spacial score (nSPS) is 24.9. The maximum absolute atomic E-state index is 13.1. The second kappa shape index (κ2) is 8.99. The number of anilines is 1. The first-order valence-corrected chi connectivity index (χ1v) is 12.0. The van der Waals surface area contributed by atoms with E-state index in [-0.39, 0.29) is 17.6 Å². The van der Waals surface area contributed by atoms with Gasteiger partial charge in [-0.2, -0.15) is 0 Å². The molecule has 2 aliphatic heterocycles. The lowest BCUT2D eigenvalue weighted by atomic mass is 9.78. The highest BCUT2D eigenvalue weighted by Crippen LogP contribution is 2.50. The van der Waals surface area contributed by atoms with E-state index >= 15 is 0 Å². The average Bonchev–Trinajstić information content (AvgIpc) is 3.28. The van der Waals surface area contributed by atoms with E-state index in [0.29, 0.717) is 37.6 Å². The SMILES string of the molecule is C[C@@H]1N[C@]2(C(=O)Nc3ccccc32)[C@@H]([N+](=O)[O-])[C@@H]1c1ccc(OCc2ccc(Cl)cc2Cl)c(Cl)c1. The molecule has 1 amide bonds. The van der Waals surface area contributed by atoms with Gasteiger partial charge < -0.3 is 10.1 Å². The number of carbonyl (C=O) groups excluding carboxylic acids is 1. The van der Waals surface area contributed by atoms with Crippen LogP contribution in [-0.2, 0) is 16.9 Å². The summed E-state index contributed by atoms with van der Waals surface area (Å²) in [6, 6.07) is 15.6. The number of amides is 1. The zero-order valence-corrected chi connectivity index (χ0v) is 20.7. The van der Waals surface area contributed by atoms with E-state index in [2.05, 4.69) is 10.6 Å². The molecule has 10 heteroatoms. The van der Waals surface area contributed by atoms with Gasteiger partial charge in [-0.15, -0.1) is 0 Å². The molecule has 3 aromatic rings. The van der Waals surface area contributed by atoms with Crippen molar-refractivity contribution in [3.63, 3.8) is 0 Å². The number of nitrogens with one attached hydrogen (secondary N) is 2. The van der Waals surface area contributed by atoms with Crippen molar-refractivity contribution in [1.29, 1.82) is 0 Å². The van der Waals surface area contributed by atoms with Crippen molar-refractivity contribution in [3.05, 3.63) is 103 Å². The van der Waals surface area contributed by atoms with Crippen LogP contribution in [0.2, 0.25) is 15.1 Å². The summed E-state index contributed by atoms with van der Waals surface area (Å²) in [7, 11) is 0. The van der Waals surface area contributed by atoms with Gasteiger partial charge in [0, 0.05) is 37.8 Å². The van der Waals surface area contributed by atoms with E-state index in [0.717, 1.165) is 5.56 Å². The molecule has 0 unspecified atom stereocenters. The van der Waals surface area contributed by atoms with Crippen molar-refractivity contribution in [2.75, 3.05) is 5.32 Å². The van der Waals surface area contributed by atoms with Crippen LogP contribution >= 0.6 is 34.8 Å². The molecule has 7 nitrogen and oxygen atoms in total. The van der Waals surface area contributed by atoms with Crippen LogP contribution in [-0.4, -0.2) is 22.9 Å². The molecule has 0 radical (unpaired) electrons. The number of hydrogen-bond donors (Lipinski definition) is 2. The minimum absolute atomic E-state index is 0.175. The van der Waals surface area contributed by atoms with Crippen LogP contribution in [0, 0.1) is 10.1 Å². The zero-order chi connectivity index (χ0) is 24.9. The number of carbonyl (C=O) groups is 1. The Balaban J connectivity index is 1.46. The first kappa shape index (κ1) is 23.9. The third kappa shape index (κ3) is 3.93. The highest BCUT2D eigenvalue weighted by molar-refractivity contribution is 6.35. The Labute approximate surface area is 216 Å². The molecule has 1 fully saturated rings. The van der Waals surface area contributed by atoms with Gasteiger partial charge in [-0.05, 0) is 42.8 Å². The monoisotopic (exact) mass is 531 g/mol. The standard InChI is InChI=1S/C25H20Cl3N3O4/c1-13-22(23(31(33)34)25(30-13)17-4-2-3-5-20(17)29-24(25)32)14-7-9-21(19(28)10-14)35-12-15-6-8-16(26)11-18(15)27/h2-11,13,22-23,30H,12H2,1H3,(H,29,32)/t13-,22-,23-,25-/m0/s1. The fourth-order valence-electron chi connectivity index (χ4n) is 5.19. The Bertz CT molecular complexity index is 1350. The van der Waals surface area contributed by atoms with Crippen LogP contribution in [0.3, 0.4) is 0 Å².